The van der Waals surface area contributed by atoms with Crippen molar-refractivity contribution in [1.29, 1.82) is 0 Å². The quantitative estimate of drug-likeness (QED) is 0.678. The summed E-state index contributed by atoms with van der Waals surface area (Å²) in [5.41, 5.74) is 0. The lowest BCUT2D eigenvalue weighted by molar-refractivity contribution is -0.121. The maximum absolute atomic E-state index is 11.1. The van der Waals surface area contributed by atoms with Crippen LogP contribution in [0.5, 0.6) is 0 Å². The molecule has 1 aliphatic heterocycles. The minimum atomic E-state index is 0.464. The minimum absolute atomic E-state index is 0.464. The first-order valence-corrected chi connectivity index (χ1v) is 5.98. The molecule has 0 aromatic heterocycles. The van der Waals surface area contributed by atoms with Gasteiger partial charge in [-0.2, -0.15) is 0 Å². The van der Waals surface area contributed by atoms with Crippen molar-refractivity contribution in [2.24, 2.45) is 5.92 Å². The number of carbonyl (C=O) groups excluding carboxylic acids is 1. The van der Waals surface area contributed by atoms with Crippen LogP contribution in [0.1, 0.15) is 51.4 Å². The highest BCUT2D eigenvalue weighted by Crippen LogP contribution is 2.29. The second kappa shape index (κ2) is 4.92. The lowest BCUT2D eigenvalue weighted by Gasteiger charge is -2.28. The molecule has 14 heavy (non-hydrogen) atoms. The Morgan fingerprint density at radius 1 is 1.14 bits per heavy atom. The van der Waals surface area contributed by atoms with Crippen LogP contribution in [0.4, 0.5) is 0 Å². The molecule has 80 valence electrons. The predicted octanol–water partition coefficient (Wildman–Crippen LogP) is 2.70. The summed E-state index contributed by atoms with van der Waals surface area (Å²) < 4.78 is 5.72. The Morgan fingerprint density at radius 3 is 2.57 bits per heavy atom. The van der Waals surface area contributed by atoms with Gasteiger partial charge in [-0.05, 0) is 44.4 Å². The minimum Gasteiger partial charge on any atom is -0.378 e. The van der Waals surface area contributed by atoms with Crippen molar-refractivity contribution >= 4 is 5.78 Å². The molecule has 1 heterocycles. The summed E-state index contributed by atoms with van der Waals surface area (Å²) >= 11 is 0. The first-order chi connectivity index (χ1) is 6.84. The summed E-state index contributed by atoms with van der Waals surface area (Å²) in [7, 11) is 0. The number of hydrogen-bond acceptors (Lipinski definition) is 2. The van der Waals surface area contributed by atoms with Gasteiger partial charge in [0, 0.05) is 19.4 Å². The zero-order chi connectivity index (χ0) is 9.80. The van der Waals surface area contributed by atoms with Crippen LogP contribution in [-0.2, 0) is 9.53 Å². The van der Waals surface area contributed by atoms with Crippen LogP contribution < -0.4 is 0 Å². The SMILES string of the molecule is O=C1CCC(CC2CCCCO2)CC1. The van der Waals surface area contributed by atoms with Gasteiger partial charge in [0.05, 0.1) is 6.10 Å². The molecule has 1 atom stereocenters. The number of carbonyl (C=O) groups is 1. The first kappa shape index (κ1) is 10.2. The normalized spacial score (nSPS) is 30.6. The number of rotatable bonds is 2. The van der Waals surface area contributed by atoms with Gasteiger partial charge < -0.3 is 4.74 Å². The van der Waals surface area contributed by atoms with Crippen molar-refractivity contribution in [1.82, 2.24) is 0 Å². The van der Waals surface area contributed by atoms with Crippen LogP contribution in [0.3, 0.4) is 0 Å². The highest BCUT2D eigenvalue weighted by atomic mass is 16.5. The van der Waals surface area contributed by atoms with Crippen molar-refractivity contribution in [2.75, 3.05) is 6.61 Å². The van der Waals surface area contributed by atoms with E-state index in [1.165, 1.54) is 25.7 Å². The van der Waals surface area contributed by atoms with Crippen molar-refractivity contribution in [2.45, 2.75) is 57.5 Å². The van der Waals surface area contributed by atoms with Gasteiger partial charge in [0.15, 0.2) is 0 Å². The summed E-state index contributed by atoms with van der Waals surface area (Å²) in [6.45, 7) is 0.955. The van der Waals surface area contributed by atoms with Gasteiger partial charge in [-0.3, -0.25) is 4.79 Å². The Kier molecular flexibility index (Phi) is 3.57. The summed E-state index contributed by atoms with van der Waals surface area (Å²) in [5.74, 6) is 1.22. The van der Waals surface area contributed by atoms with E-state index in [0.29, 0.717) is 11.9 Å². The molecule has 2 rings (SSSR count). The molecule has 1 saturated carbocycles. The van der Waals surface area contributed by atoms with Crippen LogP contribution >= 0.6 is 0 Å². The van der Waals surface area contributed by atoms with Crippen molar-refractivity contribution in [3.63, 3.8) is 0 Å². The molecule has 1 saturated heterocycles. The predicted molar refractivity (Wildman–Crippen MR) is 55.2 cm³/mol. The largest absolute Gasteiger partial charge is 0.378 e. The summed E-state index contributed by atoms with van der Waals surface area (Å²) in [6, 6.07) is 0. The Bertz CT molecular complexity index is 184. The number of Topliss-reactive ketones (excluding diaryl/α,β-unsaturated/α-hetero) is 1. The Hall–Kier alpha value is -0.370. The topological polar surface area (TPSA) is 26.3 Å². The summed E-state index contributed by atoms with van der Waals surface area (Å²) in [4.78, 5) is 11.1. The lowest BCUT2D eigenvalue weighted by atomic mass is 9.83. The maximum Gasteiger partial charge on any atom is 0.132 e. The number of hydrogen-bond donors (Lipinski definition) is 0. The summed E-state index contributed by atoms with van der Waals surface area (Å²) in [6.07, 6.45) is 9.36. The first-order valence-electron chi connectivity index (χ1n) is 5.98. The molecule has 0 radical (unpaired) electrons. The van der Waals surface area contributed by atoms with Crippen molar-refractivity contribution in [3.05, 3.63) is 0 Å². The monoisotopic (exact) mass is 196 g/mol. The zero-order valence-electron chi connectivity index (χ0n) is 8.84. The van der Waals surface area contributed by atoms with Crippen molar-refractivity contribution < 1.29 is 9.53 Å². The van der Waals surface area contributed by atoms with E-state index in [1.54, 1.807) is 0 Å². The molecule has 0 spiro atoms. The lowest BCUT2D eigenvalue weighted by Crippen LogP contribution is -2.24. The third kappa shape index (κ3) is 2.81. The van der Waals surface area contributed by atoms with Gasteiger partial charge in [0.2, 0.25) is 0 Å². The second-order valence-corrected chi connectivity index (χ2v) is 4.71. The molecule has 0 aromatic rings. The Labute approximate surface area is 86.0 Å². The molecule has 0 aromatic carbocycles. The maximum atomic E-state index is 11.1. The average Bonchev–Trinajstić information content (AvgIpc) is 2.23. The van der Waals surface area contributed by atoms with E-state index in [-0.39, 0.29) is 0 Å². The van der Waals surface area contributed by atoms with Gasteiger partial charge in [-0.1, -0.05) is 0 Å². The molecular weight excluding hydrogens is 176 g/mol. The van der Waals surface area contributed by atoms with Crippen LogP contribution in [0.15, 0.2) is 0 Å². The molecule has 0 bridgehead atoms. The van der Waals surface area contributed by atoms with E-state index in [2.05, 4.69) is 0 Å². The Balaban J connectivity index is 1.71. The van der Waals surface area contributed by atoms with Gasteiger partial charge in [0.25, 0.3) is 0 Å². The van der Waals surface area contributed by atoms with E-state index >= 15 is 0 Å². The van der Waals surface area contributed by atoms with E-state index < -0.39 is 0 Å². The zero-order valence-corrected chi connectivity index (χ0v) is 8.84. The van der Waals surface area contributed by atoms with Gasteiger partial charge in [-0.15, -0.1) is 0 Å². The van der Waals surface area contributed by atoms with Crippen LogP contribution in [-0.4, -0.2) is 18.5 Å². The van der Waals surface area contributed by atoms with Gasteiger partial charge in [0.1, 0.15) is 5.78 Å². The number of ketones is 1. The molecule has 2 aliphatic rings. The molecule has 1 unspecified atom stereocenters. The van der Waals surface area contributed by atoms with Gasteiger partial charge in [-0.25, -0.2) is 0 Å². The molecule has 0 amide bonds. The molecule has 0 N–H and O–H groups in total. The molecule has 2 heteroatoms. The van der Waals surface area contributed by atoms with Crippen LogP contribution in [0, 0.1) is 5.92 Å². The fourth-order valence-electron chi connectivity index (χ4n) is 2.60. The molecule has 1 aliphatic carbocycles. The third-order valence-corrected chi connectivity index (χ3v) is 3.53. The second-order valence-electron chi connectivity index (χ2n) is 4.71. The highest BCUT2D eigenvalue weighted by molar-refractivity contribution is 5.78. The number of ether oxygens (including phenoxy) is 1. The van der Waals surface area contributed by atoms with E-state index in [9.17, 15) is 4.79 Å². The van der Waals surface area contributed by atoms with Crippen molar-refractivity contribution in [3.8, 4) is 0 Å². The Morgan fingerprint density at radius 2 is 1.93 bits per heavy atom. The highest BCUT2D eigenvalue weighted by Gasteiger charge is 2.23. The third-order valence-electron chi connectivity index (χ3n) is 3.53. The van der Waals surface area contributed by atoms with Crippen LogP contribution in [0.25, 0.3) is 0 Å². The molecular formula is C12H20O2. The van der Waals surface area contributed by atoms with Gasteiger partial charge >= 0.3 is 0 Å². The van der Waals surface area contributed by atoms with E-state index in [0.717, 1.165) is 38.2 Å². The summed E-state index contributed by atoms with van der Waals surface area (Å²) in [5, 5.41) is 0. The standard InChI is InChI=1S/C12H20O2/c13-11-6-4-10(5-7-11)9-12-3-1-2-8-14-12/h10,12H,1-9H2. The smallest absolute Gasteiger partial charge is 0.132 e. The van der Waals surface area contributed by atoms with E-state index in [4.69, 9.17) is 4.74 Å². The fourth-order valence-corrected chi connectivity index (χ4v) is 2.60. The average molecular weight is 196 g/mol. The van der Waals surface area contributed by atoms with E-state index in [1.807, 2.05) is 0 Å². The van der Waals surface area contributed by atoms with Crippen LogP contribution in [0.2, 0.25) is 0 Å². The molecule has 2 nitrogen and oxygen atoms in total. The fraction of sp³-hybridized carbons (Fsp3) is 0.917. The molecule has 2 fully saturated rings.